The number of hydrogen-bond acceptors (Lipinski definition) is 9. The van der Waals surface area contributed by atoms with E-state index in [1.54, 1.807) is 34.4 Å². The summed E-state index contributed by atoms with van der Waals surface area (Å²) >= 11 is 6.31. The molecule has 0 aliphatic heterocycles. The molecule has 1 unspecified atom stereocenters. The third-order valence-corrected chi connectivity index (χ3v) is 9.07. The summed E-state index contributed by atoms with van der Waals surface area (Å²) in [6.45, 7) is 2.04. The number of fused-ring (bicyclic) bond motifs is 1. The first-order valence-corrected chi connectivity index (χ1v) is 13.4. The summed E-state index contributed by atoms with van der Waals surface area (Å²) in [5, 5.41) is 17.7. The normalized spacial score (nSPS) is 16.2. The van der Waals surface area contributed by atoms with Crippen LogP contribution in [-0.4, -0.2) is 26.2 Å². The topological polar surface area (TPSA) is 83.6 Å². The molecule has 0 saturated heterocycles. The van der Waals surface area contributed by atoms with Gasteiger partial charge in [0, 0.05) is 21.9 Å². The molecule has 5 rings (SSSR count). The number of aromatic nitrogens is 4. The van der Waals surface area contributed by atoms with E-state index >= 15 is 0 Å². The SMILES string of the molecule is CC(Sc1nnc(NC2CCCCC2)s1)c1nc2scc(-c3cccs3)c2c(=O)[nH]1. The van der Waals surface area contributed by atoms with Crippen LogP contribution in [0.15, 0.2) is 32.0 Å². The van der Waals surface area contributed by atoms with Crippen LogP contribution in [0, 0.1) is 0 Å². The van der Waals surface area contributed by atoms with Crippen molar-refractivity contribution in [2.75, 3.05) is 5.32 Å². The van der Waals surface area contributed by atoms with Crippen LogP contribution in [0.3, 0.4) is 0 Å². The lowest BCUT2D eigenvalue weighted by Crippen LogP contribution is -2.21. The molecule has 0 radical (unpaired) electrons. The summed E-state index contributed by atoms with van der Waals surface area (Å²) in [6.07, 6.45) is 6.32. The third-order valence-electron chi connectivity index (χ3n) is 5.25. The number of anilines is 1. The van der Waals surface area contributed by atoms with Crippen molar-refractivity contribution < 1.29 is 0 Å². The lowest BCUT2D eigenvalue weighted by molar-refractivity contribution is 0.462. The molecular weight excluding hydrogens is 455 g/mol. The molecule has 1 fully saturated rings. The maximum Gasteiger partial charge on any atom is 0.260 e. The van der Waals surface area contributed by atoms with E-state index in [1.165, 1.54) is 43.4 Å². The number of H-pyrrole nitrogens is 1. The van der Waals surface area contributed by atoms with E-state index in [9.17, 15) is 4.79 Å². The zero-order valence-corrected chi connectivity index (χ0v) is 19.6. The monoisotopic (exact) mass is 475 g/mol. The van der Waals surface area contributed by atoms with E-state index in [2.05, 4.69) is 20.5 Å². The van der Waals surface area contributed by atoms with Gasteiger partial charge >= 0.3 is 0 Å². The predicted molar refractivity (Wildman–Crippen MR) is 128 cm³/mol. The number of aromatic amines is 1. The molecule has 10 heteroatoms. The summed E-state index contributed by atoms with van der Waals surface area (Å²) < 4.78 is 0.883. The van der Waals surface area contributed by atoms with Gasteiger partial charge in [0.15, 0.2) is 4.34 Å². The molecule has 4 heterocycles. The van der Waals surface area contributed by atoms with Crippen LogP contribution in [0.25, 0.3) is 20.7 Å². The fourth-order valence-corrected chi connectivity index (χ4v) is 7.52. The van der Waals surface area contributed by atoms with Gasteiger partial charge in [0.05, 0.1) is 10.6 Å². The van der Waals surface area contributed by atoms with Crippen LogP contribution in [0.2, 0.25) is 0 Å². The van der Waals surface area contributed by atoms with Gasteiger partial charge in [-0.15, -0.1) is 32.9 Å². The van der Waals surface area contributed by atoms with Crippen molar-refractivity contribution in [2.24, 2.45) is 0 Å². The van der Waals surface area contributed by atoms with Crippen molar-refractivity contribution in [1.82, 2.24) is 20.2 Å². The lowest BCUT2D eigenvalue weighted by Gasteiger charge is -2.21. The second kappa shape index (κ2) is 8.78. The highest BCUT2D eigenvalue weighted by Gasteiger charge is 2.19. The van der Waals surface area contributed by atoms with Crippen molar-refractivity contribution in [3.63, 3.8) is 0 Å². The Morgan fingerprint density at radius 3 is 2.90 bits per heavy atom. The molecule has 2 N–H and O–H groups in total. The third kappa shape index (κ3) is 4.18. The zero-order valence-electron chi connectivity index (χ0n) is 16.4. The minimum absolute atomic E-state index is 0.0233. The molecule has 30 heavy (non-hydrogen) atoms. The van der Waals surface area contributed by atoms with Crippen molar-refractivity contribution in [3.8, 4) is 10.4 Å². The van der Waals surface area contributed by atoms with Crippen molar-refractivity contribution in [1.29, 1.82) is 0 Å². The largest absolute Gasteiger partial charge is 0.357 e. The highest BCUT2D eigenvalue weighted by atomic mass is 32.2. The Hall–Kier alpha value is -1.75. The number of nitrogens with zero attached hydrogens (tertiary/aromatic N) is 3. The molecule has 1 aliphatic carbocycles. The summed E-state index contributed by atoms with van der Waals surface area (Å²) in [5.74, 6) is 0.675. The van der Waals surface area contributed by atoms with Crippen LogP contribution in [0.4, 0.5) is 5.13 Å². The molecular formula is C20H21N5OS4. The smallest absolute Gasteiger partial charge is 0.260 e. The Balaban J connectivity index is 1.33. The van der Waals surface area contributed by atoms with Gasteiger partial charge in [0.25, 0.3) is 5.56 Å². The number of thiophene rings is 2. The van der Waals surface area contributed by atoms with Crippen LogP contribution in [0.1, 0.15) is 50.1 Å². The highest BCUT2D eigenvalue weighted by Crippen LogP contribution is 2.38. The minimum Gasteiger partial charge on any atom is -0.357 e. The number of rotatable bonds is 6. The second-order valence-electron chi connectivity index (χ2n) is 7.37. The maximum absolute atomic E-state index is 12.8. The Morgan fingerprint density at radius 2 is 2.10 bits per heavy atom. The van der Waals surface area contributed by atoms with E-state index in [4.69, 9.17) is 4.98 Å². The summed E-state index contributed by atoms with van der Waals surface area (Å²) in [7, 11) is 0. The van der Waals surface area contributed by atoms with E-state index in [0.29, 0.717) is 17.3 Å². The Labute approximate surface area is 190 Å². The molecule has 0 amide bonds. The summed E-state index contributed by atoms with van der Waals surface area (Å²) in [5.41, 5.74) is 0.886. The second-order valence-corrected chi connectivity index (χ2v) is 11.7. The van der Waals surface area contributed by atoms with Crippen LogP contribution >= 0.6 is 45.8 Å². The van der Waals surface area contributed by atoms with Gasteiger partial charge in [-0.3, -0.25) is 4.79 Å². The number of nitrogens with one attached hydrogen (secondary N) is 2. The molecule has 4 aromatic rings. The standard InChI is InChI=1S/C20H21N5OS4/c1-11(29-20-25-24-19(30-20)21-12-6-3-2-4-7-12)16-22-17(26)15-13(10-28-18(15)23-16)14-8-5-9-27-14/h5,8-12H,2-4,6-7H2,1H3,(H,21,24)(H,22,23,26). The van der Waals surface area contributed by atoms with Crippen molar-refractivity contribution in [3.05, 3.63) is 39.1 Å². The lowest BCUT2D eigenvalue weighted by atomic mass is 9.96. The molecule has 156 valence electrons. The molecule has 6 nitrogen and oxygen atoms in total. The molecule has 1 saturated carbocycles. The average Bonchev–Trinajstić information content (AvgIpc) is 3.49. The van der Waals surface area contributed by atoms with Crippen molar-refractivity contribution >= 4 is 61.1 Å². The molecule has 0 aromatic carbocycles. The van der Waals surface area contributed by atoms with Gasteiger partial charge in [0.1, 0.15) is 10.7 Å². The van der Waals surface area contributed by atoms with Crippen LogP contribution in [0.5, 0.6) is 0 Å². The fourth-order valence-electron chi connectivity index (χ4n) is 3.72. The molecule has 0 bridgehead atoms. The van der Waals surface area contributed by atoms with Gasteiger partial charge < -0.3 is 10.3 Å². The Kier molecular flexibility index (Phi) is 5.90. The van der Waals surface area contributed by atoms with Gasteiger partial charge in [0.2, 0.25) is 5.13 Å². The van der Waals surface area contributed by atoms with E-state index in [-0.39, 0.29) is 10.8 Å². The van der Waals surface area contributed by atoms with Crippen LogP contribution in [-0.2, 0) is 0 Å². The van der Waals surface area contributed by atoms with Gasteiger partial charge in [-0.2, -0.15) is 0 Å². The summed E-state index contributed by atoms with van der Waals surface area (Å²) in [6, 6.07) is 4.54. The first-order valence-electron chi connectivity index (χ1n) is 9.99. The fraction of sp³-hybridized carbons (Fsp3) is 0.400. The predicted octanol–water partition coefficient (Wildman–Crippen LogP) is 6.16. The number of hydrogen-bond donors (Lipinski definition) is 2. The van der Waals surface area contributed by atoms with E-state index < -0.39 is 0 Å². The maximum atomic E-state index is 12.8. The number of thioether (sulfide) groups is 1. The van der Waals surface area contributed by atoms with E-state index in [0.717, 1.165) is 24.7 Å². The van der Waals surface area contributed by atoms with Crippen molar-refractivity contribution in [2.45, 2.75) is 54.7 Å². The van der Waals surface area contributed by atoms with Gasteiger partial charge in [-0.1, -0.05) is 48.4 Å². The zero-order chi connectivity index (χ0) is 20.5. The van der Waals surface area contributed by atoms with Gasteiger partial charge in [-0.05, 0) is 31.2 Å². The molecule has 4 aromatic heterocycles. The van der Waals surface area contributed by atoms with E-state index in [1.807, 2.05) is 29.8 Å². The molecule has 0 spiro atoms. The molecule has 1 aliphatic rings. The Bertz CT molecular complexity index is 1190. The average molecular weight is 476 g/mol. The highest BCUT2D eigenvalue weighted by molar-refractivity contribution is 8.01. The van der Waals surface area contributed by atoms with Gasteiger partial charge in [-0.25, -0.2) is 4.98 Å². The first-order chi connectivity index (χ1) is 14.7. The first kappa shape index (κ1) is 20.2. The van der Waals surface area contributed by atoms with Crippen LogP contribution < -0.4 is 10.9 Å². The minimum atomic E-state index is -0.0796. The Morgan fingerprint density at radius 1 is 1.23 bits per heavy atom. The summed E-state index contributed by atoms with van der Waals surface area (Å²) in [4.78, 5) is 22.4. The quantitative estimate of drug-likeness (QED) is 0.325. The molecule has 1 atom stereocenters.